The number of nitrogens with zero attached hydrogens (tertiary/aromatic N) is 1. The number of carbonyl (C=O) groups excluding carboxylic acids is 3. The van der Waals surface area contributed by atoms with Crippen molar-refractivity contribution in [2.24, 2.45) is 0 Å². The average molecular weight is 403 g/mol. The quantitative estimate of drug-likeness (QED) is 0.683. The van der Waals surface area contributed by atoms with Gasteiger partial charge in [0.05, 0.1) is 12.1 Å². The number of nitrogens with one attached hydrogen (secondary N) is 1. The second-order valence-corrected chi connectivity index (χ2v) is 6.81. The van der Waals surface area contributed by atoms with E-state index < -0.39 is 0 Å². The number of halogens is 1. The van der Waals surface area contributed by atoms with Gasteiger partial charge in [-0.3, -0.25) is 14.4 Å². The summed E-state index contributed by atoms with van der Waals surface area (Å²) in [5, 5.41) is 3.15. The van der Waals surface area contributed by atoms with Crippen molar-refractivity contribution in [2.45, 2.75) is 20.3 Å². The van der Waals surface area contributed by atoms with Gasteiger partial charge < -0.3 is 15.0 Å². The summed E-state index contributed by atoms with van der Waals surface area (Å²) < 4.78 is 5.51. The lowest BCUT2D eigenvalue weighted by atomic mass is 10.1. The second kappa shape index (κ2) is 9.90. The molecule has 2 aromatic rings. The summed E-state index contributed by atoms with van der Waals surface area (Å²) in [6.45, 7) is 3.29. The van der Waals surface area contributed by atoms with Crippen LogP contribution in [0.1, 0.15) is 29.3 Å². The summed E-state index contributed by atoms with van der Waals surface area (Å²) in [6.07, 6.45) is 0.295. The highest BCUT2D eigenvalue weighted by atomic mass is 35.5. The molecule has 0 radical (unpaired) electrons. The van der Waals surface area contributed by atoms with Crippen LogP contribution < -0.4 is 10.1 Å². The molecule has 28 heavy (non-hydrogen) atoms. The van der Waals surface area contributed by atoms with E-state index in [1.807, 2.05) is 19.1 Å². The Hall–Kier alpha value is -2.86. The molecule has 2 amide bonds. The van der Waals surface area contributed by atoms with E-state index in [0.717, 1.165) is 5.56 Å². The number of aryl methyl sites for hydroxylation is 1. The predicted octanol–water partition coefficient (Wildman–Crippen LogP) is 3.72. The third kappa shape index (κ3) is 6.09. The van der Waals surface area contributed by atoms with Crippen LogP contribution in [0.15, 0.2) is 42.5 Å². The fourth-order valence-electron chi connectivity index (χ4n) is 2.43. The van der Waals surface area contributed by atoms with Crippen LogP contribution in [0.2, 0.25) is 5.02 Å². The van der Waals surface area contributed by atoms with E-state index in [1.165, 1.54) is 18.0 Å². The molecule has 0 heterocycles. The molecule has 0 unspecified atom stereocenters. The Morgan fingerprint density at radius 2 is 1.79 bits per heavy atom. The van der Waals surface area contributed by atoms with Gasteiger partial charge in [0.15, 0.2) is 12.4 Å². The lowest BCUT2D eigenvalue weighted by Gasteiger charge is -2.18. The van der Waals surface area contributed by atoms with Crippen LogP contribution in [0.5, 0.6) is 5.75 Å². The lowest BCUT2D eigenvalue weighted by molar-refractivity contribution is -0.135. The number of ether oxygens (including phenoxy) is 1. The van der Waals surface area contributed by atoms with Crippen LogP contribution in [0, 0.1) is 6.92 Å². The van der Waals surface area contributed by atoms with E-state index in [0.29, 0.717) is 28.4 Å². The van der Waals surface area contributed by atoms with Gasteiger partial charge in [-0.25, -0.2) is 0 Å². The van der Waals surface area contributed by atoms with Crippen LogP contribution in [-0.4, -0.2) is 42.7 Å². The maximum atomic E-state index is 12.3. The zero-order valence-corrected chi connectivity index (χ0v) is 16.9. The number of hydrogen-bond donors (Lipinski definition) is 1. The summed E-state index contributed by atoms with van der Waals surface area (Å²) in [4.78, 5) is 37.7. The minimum atomic E-state index is -0.385. The van der Waals surface area contributed by atoms with E-state index in [-0.39, 0.29) is 30.7 Å². The molecule has 0 spiro atoms. The number of amides is 2. The number of rotatable bonds is 8. The molecule has 2 rings (SSSR count). The van der Waals surface area contributed by atoms with Gasteiger partial charge in [-0.15, -0.1) is 0 Å². The van der Waals surface area contributed by atoms with Gasteiger partial charge >= 0.3 is 0 Å². The minimum Gasteiger partial charge on any atom is -0.483 e. The highest BCUT2D eigenvalue weighted by Gasteiger charge is 2.16. The number of likely N-dealkylation sites (N-methyl/N-ethyl adjacent to an activating group) is 1. The van der Waals surface area contributed by atoms with Crippen molar-refractivity contribution in [3.05, 3.63) is 58.6 Å². The molecule has 0 aromatic heterocycles. The number of Topliss-reactive ketones (excluding diaryl/α,β-unsaturated/α-hetero) is 1. The number of benzene rings is 2. The Kier molecular flexibility index (Phi) is 7.58. The van der Waals surface area contributed by atoms with Crippen LogP contribution in [0.4, 0.5) is 5.69 Å². The van der Waals surface area contributed by atoms with Crippen molar-refractivity contribution in [1.82, 2.24) is 4.90 Å². The Labute approximate surface area is 169 Å². The molecule has 0 aliphatic carbocycles. The maximum Gasteiger partial charge on any atom is 0.260 e. The Bertz CT molecular complexity index is 865. The molecule has 0 fully saturated rings. The third-order valence-electron chi connectivity index (χ3n) is 4.06. The molecule has 148 valence electrons. The normalized spacial score (nSPS) is 10.3. The fourth-order valence-corrected chi connectivity index (χ4v) is 2.60. The van der Waals surface area contributed by atoms with E-state index >= 15 is 0 Å². The molecule has 0 aliphatic heterocycles. The van der Waals surface area contributed by atoms with Crippen LogP contribution in [0.3, 0.4) is 0 Å². The highest BCUT2D eigenvalue weighted by Crippen LogP contribution is 2.24. The largest absolute Gasteiger partial charge is 0.483 e. The van der Waals surface area contributed by atoms with Crippen LogP contribution in [-0.2, 0) is 9.59 Å². The molecule has 2 aromatic carbocycles. The molecule has 6 nitrogen and oxygen atoms in total. The topological polar surface area (TPSA) is 75.7 Å². The standard InChI is InChI=1S/C21H23ClN2O4/c1-4-18(25)17-11-15(22)7-10-19(17)28-13-21(27)24(3)12-20(26)23-16-8-5-14(2)6-9-16/h5-11H,4,12-13H2,1-3H3,(H,23,26). The third-order valence-corrected chi connectivity index (χ3v) is 4.29. The van der Waals surface area contributed by atoms with E-state index in [9.17, 15) is 14.4 Å². The molecule has 0 bridgehead atoms. The van der Waals surface area contributed by atoms with Gasteiger partial charge in [-0.1, -0.05) is 36.2 Å². The first-order chi connectivity index (χ1) is 13.3. The van der Waals surface area contributed by atoms with Crippen molar-refractivity contribution < 1.29 is 19.1 Å². The van der Waals surface area contributed by atoms with E-state index in [1.54, 1.807) is 31.2 Å². The summed E-state index contributed by atoms with van der Waals surface area (Å²) in [5.41, 5.74) is 2.09. The molecular formula is C21H23ClN2O4. The first-order valence-corrected chi connectivity index (χ1v) is 9.24. The van der Waals surface area contributed by atoms with E-state index in [4.69, 9.17) is 16.3 Å². The van der Waals surface area contributed by atoms with Gasteiger partial charge in [0, 0.05) is 24.2 Å². The molecule has 0 saturated heterocycles. The summed E-state index contributed by atoms with van der Waals surface area (Å²) in [7, 11) is 1.51. The second-order valence-electron chi connectivity index (χ2n) is 6.37. The van der Waals surface area contributed by atoms with Gasteiger partial charge in [0.2, 0.25) is 5.91 Å². The highest BCUT2D eigenvalue weighted by molar-refractivity contribution is 6.31. The molecule has 0 aliphatic rings. The Balaban J connectivity index is 1.91. The lowest BCUT2D eigenvalue weighted by Crippen LogP contribution is -2.37. The molecule has 1 N–H and O–H groups in total. The van der Waals surface area contributed by atoms with Crippen molar-refractivity contribution in [3.63, 3.8) is 0 Å². The molecule has 0 saturated carbocycles. The predicted molar refractivity (Wildman–Crippen MR) is 109 cm³/mol. The first kappa shape index (κ1) is 21.4. The van der Waals surface area contributed by atoms with Gasteiger partial charge in [0.25, 0.3) is 5.91 Å². The van der Waals surface area contributed by atoms with Crippen molar-refractivity contribution >= 4 is 34.9 Å². The van der Waals surface area contributed by atoms with Crippen molar-refractivity contribution in [1.29, 1.82) is 0 Å². The number of ketones is 1. The Morgan fingerprint density at radius 3 is 2.43 bits per heavy atom. The first-order valence-electron chi connectivity index (χ1n) is 8.86. The van der Waals surface area contributed by atoms with Crippen molar-refractivity contribution in [2.75, 3.05) is 25.5 Å². The maximum absolute atomic E-state index is 12.3. The monoisotopic (exact) mass is 402 g/mol. The fraction of sp³-hybridized carbons (Fsp3) is 0.286. The number of hydrogen-bond acceptors (Lipinski definition) is 4. The van der Waals surface area contributed by atoms with Gasteiger partial charge in [-0.2, -0.15) is 0 Å². The zero-order chi connectivity index (χ0) is 20.7. The molecule has 0 atom stereocenters. The SMILES string of the molecule is CCC(=O)c1cc(Cl)ccc1OCC(=O)N(C)CC(=O)Nc1ccc(C)cc1. The smallest absolute Gasteiger partial charge is 0.260 e. The van der Waals surface area contributed by atoms with Gasteiger partial charge in [-0.05, 0) is 37.3 Å². The van der Waals surface area contributed by atoms with Crippen LogP contribution in [0.25, 0.3) is 0 Å². The molecule has 7 heteroatoms. The summed E-state index contributed by atoms with van der Waals surface area (Å²) >= 11 is 5.94. The minimum absolute atomic E-state index is 0.114. The van der Waals surface area contributed by atoms with Crippen molar-refractivity contribution in [3.8, 4) is 5.75 Å². The summed E-state index contributed by atoms with van der Waals surface area (Å²) in [6, 6.07) is 12.0. The van der Waals surface area contributed by atoms with Crippen LogP contribution >= 0.6 is 11.6 Å². The Morgan fingerprint density at radius 1 is 1.11 bits per heavy atom. The average Bonchev–Trinajstić information content (AvgIpc) is 2.67. The van der Waals surface area contributed by atoms with E-state index in [2.05, 4.69) is 5.32 Å². The number of carbonyl (C=O) groups is 3. The molecular weight excluding hydrogens is 380 g/mol. The summed E-state index contributed by atoms with van der Waals surface area (Å²) in [5.74, 6) is -0.533. The van der Waals surface area contributed by atoms with Gasteiger partial charge in [0.1, 0.15) is 5.75 Å². The zero-order valence-electron chi connectivity index (χ0n) is 16.1. The number of anilines is 1.